The molecule has 1 fully saturated rings. The van der Waals surface area contributed by atoms with E-state index in [-0.39, 0.29) is 5.97 Å². The lowest BCUT2D eigenvalue weighted by molar-refractivity contribution is -0.142. The van der Waals surface area contributed by atoms with E-state index in [9.17, 15) is 4.79 Å². The van der Waals surface area contributed by atoms with Crippen LogP contribution in [0, 0.1) is 5.92 Å². The second-order valence-corrected chi connectivity index (χ2v) is 11.4. The van der Waals surface area contributed by atoms with Crippen molar-refractivity contribution in [2.24, 2.45) is 5.92 Å². The van der Waals surface area contributed by atoms with Crippen LogP contribution in [0.5, 0.6) is 0 Å². The second kappa shape index (κ2) is 22.0. The van der Waals surface area contributed by atoms with Gasteiger partial charge in [-0.3, -0.25) is 4.79 Å². The van der Waals surface area contributed by atoms with Crippen molar-refractivity contribution in [1.29, 1.82) is 0 Å². The summed E-state index contributed by atoms with van der Waals surface area (Å²) in [6, 6.07) is 5.69. The summed E-state index contributed by atoms with van der Waals surface area (Å²) in [5.41, 5.74) is 0. The largest absolute Gasteiger partial charge is 0.461 e. The van der Waals surface area contributed by atoms with Crippen molar-refractivity contribution in [2.45, 2.75) is 55.7 Å². The summed E-state index contributed by atoms with van der Waals surface area (Å²) in [5, 5.41) is 1.79. The highest BCUT2D eigenvalue weighted by Gasteiger charge is 2.22. The molecule has 3 nitrogen and oxygen atoms in total. The molecule has 1 aromatic carbocycles. The molecule has 0 aromatic heterocycles. The normalized spacial score (nSPS) is 17.6. The highest BCUT2D eigenvalue weighted by Crippen LogP contribution is 2.35. The Morgan fingerprint density at radius 1 is 1.31 bits per heavy atom. The van der Waals surface area contributed by atoms with Gasteiger partial charge in [0, 0.05) is 39.6 Å². The van der Waals surface area contributed by atoms with Crippen molar-refractivity contribution in [3.63, 3.8) is 0 Å². The number of ether oxygens (including phenoxy) is 1. The van der Waals surface area contributed by atoms with E-state index >= 15 is 0 Å². The van der Waals surface area contributed by atoms with Crippen LogP contribution >= 0.6 is 75.1 Å². The number of thioether (sulfide) groups is 1. The monoisotopic (exact) mass is 652 g/mol. The van der Waals surface area contributed by atoms with Crippen molar-refractivity contribution in [3.8, 4) is 0 Å². The molecule has 0 amide bonds. The lowest BCUT2D eigenvalue weighted by atomic mass is 10.1. The molecular formula is C23H33Cl3IO3PS. The molecular weight excluding hydrogens is 621 g/mol. The summed E-state index contributed by atoms with van der Waals surface area (Å²) >= 11 is 22.0. The third kappa shape index (κ3) is 18.9. The van der Waals surface area contributed by atoms with E-state index in [1.165, 1.54) is 6.42 Å². The third-order valence-corrected chi connectivity index (χ3v) is 7.74. The predicted molar refractivity (Wildman–Crippen MR) is 153 cm³/mol. The fraction of sp³-hybridized carbons (Fsp3) is 0.522. The van der Waals surface area contributed by atoms with Crippen molar-refractivity contribution in [1.82, 2.24) is 0 Å². The minimum atomic E-state index is -0.139. The standard InChI is InChI=1S/C12H13Cl3S.C10H16O2.CH4IOP/c13-9-2-1-8(3-9)7-16-12-5-10(14)4-11(15)6-12;1-3-5-6-7-8-10(11)12-9-4-2;1-3-4-2/h4-6,8-9H,1-3,7H2;3-5H,2,6-9H2,1H3;4H,1H3/b;5-3-;. The van der Waals surface area contributed by atoms with Gasteiger partial charge in [-0.05, 0) is 85.2 Å². The molecule has 0 saturated heterocycles. The van der Waals surface area contributed by atoms with Crippen LogP contribution in [-0.4, -0.2) is 30.8 Å². The van der Waals surface area contributed by atoms with Gasteiger partial charge in [-0.2, -0.15) is 0 Å². The molecule has 0 bridgehead atoms. The topological polar surface area (TPSA) is 35.5 Å². The second-order valence-electron chi connectivity index (χ2n) is 6.91. The average Bonchev–Trinajstić information content (AvgIpc) is 3.19. The first kappa shape index (κ1) is 32.5. The molecule has 0 spiro atoms. The molecule has 0 heterocycles. The van der Waals surface area contributed by atoms with Gasteiger partial charge in [0.1, 0.15) is 6.61 Å². The molecule has 0 aliphatic heterocycles. The first-order valence-corrected chi connectivity index (χ1v) is 16.5. The number of esters is 1. The van der Waals surface area contributed by atoms with Gasteiger partial charge in [0.2, 0.25) is 0 Å². The van der Waals surface area contributed by atoms with Crippen molar-refractivity contribution in [2.75, 3.05) is 19.5 Å². The summed E-state index contributed by atoms with van der Waals surface area (Å²) in [4.78, 5) is 12.0. The molecule has 0 radical (unpaired) electrons. The van der Waals surface area contributed by atoms with E-state index in [4.69, 9.17) is 39.5 Å². The van der Waals surface area contributed by atoms with Crippen LogP contribution in [0.15, 0.2) is 47.9 Å². The zero-order valence-corrected chi connectivity index (χ0v) is 24.9. The Labute approximate surface area is 227 Å². The Bertz CT molecular complexity index is 658. The summed E-state index contributed by atoms with van der Waals surface area (Å²) in [5.74, 6) is 1.71. The molecule has 1 aromatic rings. The van der Waals surface area contributed by atoms with Crippen molar-refractivity contribution in [3.05, 3.63) is 53.1 Å². The first-order chi connectivity index (χ1) is 15.4. The molecule has 0 N–H and O–H groups in total. The Balaban J connectivity index is 0.000000533. The summed E-state index contributed by atoms with van der Waals surface area (Å²) in [6.45, 7) is 6.35. The van der Waals surface area contributed by atoms with E-state index in [0.717, 1.165) is 42.2 Å². The van der Waals surface area contributed by atoms with Crippen LogP contribution < -0.4 is 0 Å². The molecule has 1 saturated carbocycles. The fourth-order valence-electron chi connectivity index (χ4n) is 2.75. The van der Waals surface area contributed by atoms with Gasteiger partial charge >= 0.3 is 5.97 Å². The number of halogens is 4. The molecule has 1 aliphatic carbocycles. The molecule has 9 heteroatoms. The number of benzene rings is 1. The highest BCUT2D eigenvalue weighted by molar-refractivity contribution is 14.2. The number of rotatable bonds is 10. The molecule has 32 heavy (non-hydrogen) atoms. The predicted octanol–water partition coefficient (Wildman–Crippen LogP) is 9.53. The number of unbranched alkanes of at least 4 members (excludes halogenated alkanes) is 1. The minimum Gasteiger partial charge on any atom is -0.461 e. The minimum absolute atomic E-state index is 0.139. The number of allylic oxidation sites excluding steroid dienone is 2. The van der Waals surface area contributed by atoms with Gasteiger partial charge in [0.25, 0.3) is 0 Å². The SMILES string of the molecule is C=CCOC(=O)CCC/C=C\C.COPI.Clc1cc(Cl)cc(SCC2CCC(Cl)C2)c1. The van der Waals surface area contributed by atoms with Gasteiger partial charge in [-0.15, -0.1) is 23.4 Å². The Morgan fingerprint density at radius 2 is 1.97 bits per heavy atom. The zero-order chi connectivity index (χ0) is 24.2. The number of carbonyl (C=O) groups excluding carboxylic acids is 1. The maximum atomic E-state index is 10.9. The number of carbonyl (C=O) groups is 1. The van der Waals surface area contributed by atoms with Gasteiger partial charge in [0.15, 0.2) is 0 Å². The van der Waals surface area contributed by atoms with Crippen molar-refractivity contribution >= 4 is 81.0 Å². The smallest absolute Gasteiger partial charge is 0.306 e. The summed E-state index contributed by atoms with van der Waals surface area (Å²) in [7, 11) is 1.69. The van der Waals surface area contributed by atoms with Gasteiger partial charge in [-0.25, -0.2) is 0 Å². The van der Waals surface area contributed by atoms with E-state index in [2.05, 4.69) is 33.1 Å². The Morgan fingerprint density at radius 3 is 2.47 bits per heavy atom. The van der Waals surface area contributed by atoms with Crippen LogP contribution in [0.1, 0.15) is 45.4 Å². The summed E-state index contributed by atoms with van der Waals surface area (Å²) in [6.07, 6.45) is 11.4. The Hall–Kier alpha value is 0.510. The highest BCUT2D eigenvalue weighted by atomic mass is 127. The van der Waals surface area contributed by atoms with Gasteiger partial charge in [-0.1, -0.05) is 48.0 Å². The molecule has 1 aliphatic rings. The fourth-order valence-corrected chi connectivity index (χ4v) is 4.93. The maximum Gasteiger partial charge on any atom is 0.306 e. The molecule has 3 unspecified atom stereocenters. The van der Waals surface area contributed by atoms with Crippen LogP contribution in [-0.2, 0) is 14.1 Å². The van der Waals surface area contributed by atoms with Crippen LogP contribution in [0.3, 0.4) is 0 Å². The number of alkyl halides is 1. The van der Waals surface area contributed by atoms with Gasteiger partial charge < -0.3 is 9.26 Å². The molecule has 3 atom stereocenters. The summed E-state index contributed by atoms with van der Waals surface area (Å²) < 4.78 is 9.35. The van der Waals surface area contributed by atoms with Crippen LogP contribution in [0.4, 0.5) is 0 Å². The maximum absolute atomic E-state index is 10.9. The van der Waals surface area contributed by atoms with Crippen LogP contribution in [0.25, 0.3) is 0 Å². The van der Waals surface area contributed by atoms with E-state index in [1.54, 1.807) is 19.3 Å². The zero-order valence-electron chi connectivity index (χ0n) is 18.6. The van der Waals surface area contributed by atoms with E-state index in [0.29, 0.717) is 34.9 Å². The molecule has 2 rings (SSSR count). The molecule has 182 valence electrons. The number of hydrogen-bond acceptors (Lipinski definition) is 4. The lowest BCUT2D eigenvalue weighted by Crippen LogP contribution is -2.03. The van der Waals surface area contributed by atoms with E-state index < -0.39 is 0 Å². The first-order valence-electron chi connectivity index (χ1n) is 10.3. The average molecular weight is 654 g/mol. The Kier molecular flexibility index (Phi) is 22.4. The van der Waals surface area contributed by atoms with Crippen LogP contribution in [0.2, 0.25) is 10.0 Å². The van der Waals surface area contributed by atoms with Gasteiger partial charge in [0.05, 0.1) is 6.45 Å². The van der Waals surface area contributed by atoms with E-state index in [1.807, 2.05) is 43.0 Å². The quantitative estimate of drug-likeness (QED) is 0.0479. The lowest BCUT2D eigenvalue weighted by Gasteiger charge is -2.09. The van der Waals surface area contributed by atoms with Crippen molar-refractivity contribution < 1.29 is 14.1 Å². The third-order valence-electron chi connectivity index (χ3n) is 4.23. The number of hydrogen-bond donors (Lipinski definition) is 0.